The summed E-state index contributed by atoms with van der Waals surface area (Å²) in [5, 5.41) is 0. The summed E-state index contributed by atoms with van der Waals surface area (Å²) in [5.74, 6) is 1.28. The Bertz CT molecular complexity index is 830. The third-order valence-electron chi connectivity index (χ3n) is 5.92. The molecule has 7 nitrogen and oxygen atoms in total. The number of hydrogen-bond donors (Lipinski definition) is 1. The molecule has 2 aliphatic rings. The highest BCUT2D eigenvalue weighted by atomic mass is 16.2. The molecule has 4 rings (SSSR count). The van der Waals surface area contributed by atoms with Gasteiger partial charge in [0.15, 0.2) is 0 Å². The quantitative estimate of drug-likeness (QED) is 0.895. The fourth-order valence-corrected chi connectivity index (χ4v) is 4.42. The summed E-state index contributed by atoms with van der Waals surface area (Å²) in [6.07, 6.45) is 12.0. The second-order valence-corrected chi connectivity index (χ2v) is 7.67. The van der Waals surface area contributed by atoms with Crippen LogP contribution < -0.4 is 5.73 Å². The van der Waals surface area contributed by atoms with E-state index in [2.05, 4.69) is 19.5 Å². The lowest BCUT2D eigenvalue weighted by atomic mass is 9.93. The number of amides is 1. The van der Waals surface area contributed by atoms with E-state index >= 15 is 0 Å². The summed E-state index contributed by atoms with van der Waals surface area (Å²) in [6.45, 7) is 3.69. The average molecular weight is 368 g/mol. The van der Waals surface area contributed by atoms with Gasteiger partial charge in [0, 0.05) is 42.8 Å². The molecule has 0 saturated carbocycles. The fraction of sp³-hybridized carbons (Fsp3) is 0.600. The maximum Gasteiger partial charge on any atom is 0.273 e. The van der Waals surface area contributed by atoms with E-state index in [9.17, 15) is 4.79 Å². The molecule has 0 spiro atoms. The number of anilines is 1. The predicted molar refractivity (Wildman–Crippen MR) is 103 cm³/mol. The molecule has 0 radical (unpaired) electrons. The van der Waals surface area contributed by atoms with Crippen LogP contribution in [0.3, 0.4) is 0 Å². The molecule has 1 aliphatic heterocycles. The molecule has 144 valence electrons. The number of aryl methyl sites for hydroxylation is 3. The molecule has 1 unspecified atom stereocenters. The predicted octanol–water partition coefficient (Wildman–Crippen LogP) is 2.53. The third kappa shape index (κ3) is 3.68. The van der Waals surface area contributed by atoms with Gasteiger partial charge in [0.2, 0.25) is 5.95 Å². The fourth-order valence-electron chi connectivity index (χ4n) is 4.42. The Kier molecular flexibility index (Phi) is 5.09. The maximum atomic E-state index is 13.4. The van der Waals surface area contributed by atoms with Crippen molar-refractivity contribution < 1.29 is 4.79 Å². The highest BCUT2D eigenvalue weighted by molar-refractivity contribution is 5.94. The first-order valence-electron chi connectivity index (χ1n) is 10.1. The molecular weight excluding hydrogens is 340 g/mol. The van der Waals surface area contributed by atoms with E-state index < -0.39 is 0 Å². The molecule has 0 bridgehead atoms. The van der Waals surface area contributed by atoms with E-state index in [-0.39, 0.29) is 17.9 Å². The highest BCUT2D eigenvalue weighted by Gasteiger charge is 2.31. The number of rotatable bonds is 4. The minimum absolute atomic E-state index is 0.0364. The van der Waals surface area contributed by atoms with Crippen LogP contribution in [-0.4, -0.2) is 42.9 Å². The Morgan fingerprint density at radius 1 is 1.22 bits per heavy atom. The van der Waals surface area contributed by atoms with E-state index in [0.717, 1.165) is 75.1 Å². The van der Waals surface area contributed by atoms with Gasteiger partial charge in [0.1, 0.15) is 11.5 Å². The molecule has 3 heterocycles. The number of carbonyl (C=O) groups is 1. The third-order valence-corrected chi connectivity index (χ3v) is 5.92. The Labute approximate surface area is 160 Å². The second-order valence-electron chi connectivity index (χ2n) is 7.67. The van der Waals surface area contributed by atoms with Crippen LogP contribution >= 0.6 is 0 Å². The van der Waals surface area contributed by atoms with Crippen LogP contribution in [0, 0.1) is 6.92 Å². The van der Waals surface area contributed by atoms with Crippen LogP contribution in [0.4, 0.5) is 5.95 Å². The van der Waals surface area contributed by atoms with Crippen LogP contribution in [0.2, 0.25) is 0 Å². The molecule has 2 N–H and O–H groups in total. The number of likely N-dealkylation sites (tertiary alicyclic amines) is 1. The SMILES string of the molecule is Cc1nccn1CCC1CCCCN1C(=O)c1nc(N)nc2c1CCCC2. The van der Waals surface area contributed by atoms with Crippen LogP contribution in [0.25, 0.3) is 0 Å². The van der Waals surface area contributed by atoms with Crippen molar-refractivity contribution >= 4 is 11.9 Å². The normalized spacial score (nSPS) is 19.7. The van der Waals surface area contributed by atoms with Gasteiger partial charge in [-0.15, -0.1) is 0 Å². The van der Waals surface area contributed by atoms with Crippen LogP contribution in [0.5, 0.6) is 0 Å². The Morgan fingerprint density at radius 3 is 2.89 bits per heavy atom. The molecule has 1 atom stereocenters. The monoisotopic (exact) mass is 368 g/mol. The number of fused-ring (bicyclic) bond motifs is 1. The van der Waals surface area contributed by atoms with Gasteiger partial charge in [-0.05, 0) is 58.3 Å². The molecule has 7 heteroatoms. The van der Waals surface area contributed by atoms with E-state index in [1.807, 2.05) is 24.2 Å². The Hall–Kier alpha value is -2.44. The molecule has 2 aromatic heterocycles. The molecule has 2 aromatic rings. The van der Waals surface area contributed by atoms with Gasteiger partial charge in [-0.2, -0.15) is 0 Å². The standard InChI is InChI=1S/C20H28N6O/c1-14-22-10-13-25(14)12-9-15-6-4-5-11-26(15)19(27)18-16-7-2-3-8-17(16)23-20(21)24-18/h10,13,15H,2-9,11-12H2,1H3,(H2,21,23,24). The number of nitrogens with zero attached hydrogens (tertiary/aromatic N) is 5. The van der Waals surface area contributed by atoms with Crippen molar-refractivity contribution in [2.75, 3.05) is 12.3 Å². The first kappa shape index (κ1) is 17.9. The van der Waals surface area contributed by atoms with Crippen LogP contribution in [-0.2, 0) is 19.4 Å². The van der Waals surface area contributed by atoms with Gasteiger partial charge >= 0.3 is 0 Å². The summed E-state index contributed by atoms with van der Waals surface area (Å²) in [6, 6.07) is 0.239. The van der Waals surface area contributed by atoms with Crippen molar-refractivity contribution in [3.63, 3.8) is 0 Å². The van der Waals surface area contributed by atoms with Crippen molar-refractivity contribution in [3.8, 4) is 0 Å². The number of nitrogen functional groups attached to an aromatic ring is 1. The van der Waals surface area contributed by atoms with E-state index in [4.69, 9.17) is 5.73 Å². The van der Waals surface area contributed by atoms with Crippen molar-refractivity contribution in [3.05, 3.63) is 35.2 Å². The summed E-state index contributed by atoms with van der Waals surface area (Å²) < 4.78 is 2.15. The zero-order valence-electron chi connectivity index (χ0n) is 16.0. The van der Waals surface area contributed by atoms with Gasteiger partial charge in [-0.3, -0.25) is 4.79 Å². The van der Waals surface area contributed by atoms with E-state index in [0.29, 0.717) is 5.69 Å². The highest BCUT2D eigenvalue weighted by Crippen LogP contribution is 2.27. The topological polar surface area (TPSA) is 89.9 Å². The second kappa shape index (κ2) is 7.66. The van der Waals surface area contributed by atoms with Gasteiger partial charge in [0.05, 0.1) is 0 Å². The lowest BCUT2D eigenvalue weighted by Gasteiger charge is -2.36. The first-order chi connectivity index (χ1) is 13.1. The van der Waals surface area contributed by atoms with Crippen LogP contribution in [0.15, 0.2) is 12.4 Å². The number of aromatic nitrogens is 4. The number of hydrogen-bond acceptors (Lipinski definition) is 5. The maximum absolute atomic E-state index is 13.4. The lowest BCUT2D eigenvalue weighted by molar-refractivity contribution is 0.0587. The molecular formula is C20H28N6O. The molecule has 1 amide bonds. The number of nitrogens with two attached hydrogens (primary N) is 1. The molecule has 1 saturated heterocycles. The van der Waals surface area contributed by atoms with Gasteiger partial charge in [-0.25, -0.2) is 15.0 Å². The van der Waals surface area contributed by atoms with Crippen molar-refractivity contribution in [2.45, 2.75) is 70.9 Å². The van der Waals surface area contributed by atoms with E-state index in [1.165, 1.54) is 6.42 Å². The lowest BCUT2D eigenvalue weighted by Crippen LogP contribution is -2.45. The molecule has 1 fully saturated rings. The van der Waals surface area contributed by atoms with Crippen molar-refractivity contribution in [1.82, 2.24) is 24.4 Å². The van der Waals surface area contributed by atoms with E-state index in [1.54, 1.807) is 0 Å². The van der Waals surface area contributed by atoms with Gasteiger partial charge in [0.25, 0.3) is 5.91 Å². The molecule has 27 heavy (non-hydrogen) atoms. The van der Waals surface area contributed by atoms with Crippen LogP contribution in [0.1, 0.15) is 66.1 Å². The summed E-state index contributed by atoms with van der Waals surface area (Å²) in [5.41, 5.74) is 8.46. The minimum atomic E-state index is 0.0364. The number of imidazole rings is 1. The van der Waals surface area contributed by atoms with Crippen molar-refractivity contribution in [2.24, 2.45) is 0 Å². The van der Waals surface area contributed by atoms with Gasteiger partial charge < -0.3 is 15.2 Å². The zero-order valence-corrected chi connectivity index (χ0v) is 16.0. The van der Waals surface area contributed by atoms with Crippen molar-refractivity contribution in [1.29, 1.82) is 0 Å². The van der Waals surface area contributed by atoms with Gasteiger partial charge in [-0.1, -0.05) is 0 Å². The minimum Gasteiger partial charge on any atom is -0.368 e. The summed E-state index contributed by atoms with van der Waals surface area (Å²) in [4.78, 5) is 28.5. The number of piperidine rings is 1. The zero-order chi connectivity index (χ0) is 18.8. The Balaban J connectivity index is 1.56. The molecule has 0 aromatic carbocycles. The average Bonchev–Trinajstić information content (AvgIpc) is 3.10. The first-order valence-corrected chi connectivity index (χ1v) is 10.1. The summed E-state index contributed by atoms with van der Waals surface area (Å²) >= 11 is 0. The summed E-state index contributed by atoms with van der Waals surface area (Å²) in [7, 11) is 0. The largest absolute Gasteiger partial charge is 0.368 e. The number of carbonyl (C=O) groups excluding carboxylic acids is 1. The smallest absolute Gasteiger partial charge is 0.273 e. The molecule has 1 aliphatic carbocycles. The Morgan fingerprint density at radius 2 is 2.07 bits per heavy atom.